The highest BCUT2D eigenvalue weighted by Crippen LogP contribution is 2.29. The number of methoxy groups -OCH3 is 3. The molecule has 0 N–H and O–H groups in total. The standard InChI is InChI=1S/C16H22O5/c1-5-6-11-21-16(17)15(20-4)14(19-3)12-9-7-8-10-13(12)18-2/h7-10H,5-6,11H2,1-4H3. The number of esters is 1. The molecule has 21 heavy (non-hydrogen) atoms. The molecule has 1 aromatic carbocycles. The molecule has 0 heterocycles. The molecule has 0 bridgehead atoms. The largest absolute Gasteiger partial charge is 0.496 e. The van der Waals surface area contributed by atoms with Crippen molar-refractivity contribution in [3.63, 3.8) is 0 Å². The van der Waals surface area contributed by atoms with E-state index >= 15 is 0 Å². The maximum absolute atomic E-state index is 12.1. The SMILES string of the molecule is CCCCOC(=O)C(OC)=C(OC)c1ccccc1OC. The Labute approximate surface area is 125 Å². The van der Waals surface area contributed by atoms with Crippen LogP contribution in [-0.2, 0) is 19.0 Å². The lowest BCUT2D eigenvalue weighted by Crippen LogP contribution is -2.13. The van der Waals surface area contributed by atoms with Crippen LogP contribution in [0.1, 0.15) is 25.3 Å². The second-order valence-electron chi connectivity index (χ2n) is 4.26. The molecule has 0 saturated heterocycles. The van der Waals surface area contributed by atoms with Crippen molar-refractivity contribution in [2.75, 3.05) is 27.9 Å². The monoisotopic (exact) mass is 294 g/mol. The summed E-state index contributed by atoms with van der Waals surface area (Å²) < 4.78 is 21.0. The summed E-state index contributed by atoms with van der Waals surface area (Å²) in [5.41, 5.74) is 0.631. The Bertz CT molecular complexity index is 493. The molecule has 0 fully saturated rings. The summed E-state index contributed by atoms with van der Waals surface area (Å²) in [6.07, 6.45) is 1.75. The molecule has 0 spiro atoms. The van der Waals surface area contributed by atoms with Crippen LogP contribution >= 0.6 is 0 Å². The predicted octanol–water partition coefficient (Wildman–Crippen LogP) is 3.00. The first-order chi connectivity index (χ1) is 10.2. The second kappa shape index (κ2) is 8.89. The fraction of sp³-hybridized carbons (Fsp3) is 0.438. The third-order valence-electron chi connectivity index (χ3n) is 2.88. The van der Waals surface area contributed by atoms with Gasteiger partial charge in [0, 0.05) is 0 Å². The van der Waals surface area contributed by atoms with Crippen LogP contribution < -0.4 is 4.74 Å². The van der Waals surface area contributed by atoms with Gasteiger partial charge < -0.3 is 18.9 Å². The average Bonchev–Trinajstić information content (AvgIpc) is 2.52. The summed E-state index contributed by atoms with van der Waals surface area (Å²) in [4.78, 5) is 12.1. The van der Waals surface area contributed by atoms with Crippen LogP contribution in [0.5, 0.6) is 5.75 Å². The van der Waals surface area contributed by atoms with E-state index in [1.54, 1.807) is 19.2 Å². The molecule has 1 aromatic rings. The molecule has 0 aromatic heterocycles. The maximum atomic E-state index is 12.1. The number of hydrogen-bond acceptors (Lipinski definition) is 5. The fourth-order valence-corrected chi connectivity index (χ4v) is 1.80. The van der Waals surface area contributed by atoms with Crippen LogP contribution in [0.15, 0.2) is 30.0 Å². The quantitative estimate of drug-likeness (QED) is 0.319. The van der Waals surface area contributed by atoms with Gasteiger partial charge in [0.2, 0.25) is 5.76 Å². The molecule has 116 valence electrons. The fourth-order valence-electron chi connectivity index (χ4n) is 1.80. The third-order valence-corrected chi connectivity index (χ3v) is 2.88. The third kappa shape index (κ3) is 4.41. The normalized spacial score (nSPS) is 11.4. The van der Waals surface area contributed by atoms with Gasteiger partial charge in [0.05, 0.1) is 33.5 Å². The predicted molar refractivity (Wildman–Crippen MR) is 79.8 cm³/mol. The van der Waals surface area contributed by atoms with E-state index in [4.69, 9.17) is 18.9 Å². The Balaban J connectivity index is 3.13. The lowest BCUT2D eigenvalue weighted by Gasteiger charge is -2.15. The molecule has 0 aliphatic heterocycles. The van der Waals surface area contributed by atoms with E-state index in [2.05, 4.69) is 0 Å². The van der Waals surface area contributed by atoms with E-state index in [0.717, 1.165) is 12.8 Å². The molecule has 1 rings (SSSR count). The van der Waals surface area contributed by atoms with Gasteiger partial charge in [-0.1, -0.05) is 25.5 Å². The smallest absolute Gasteiger partial charge is 0.377 e. The molecule has 5 nitrogen and oxygen atoms in total. The van der Waals surface area contributed by atoms with Gasteiger partial charge >= 0.3 is 5.97 Å². The number of carbonyl (C=O) groups is 1. The molecule has 0 unspecified atom stereocenters. The van der Waals surface area contributed by atoms with Gasteiger partial charge in [0.15, 0.2) is 5.76 Å². The van der Waals surface area contributed by atoms with Crippen LogP contribution in [0.3, 0.4) is 0 Å². The topological polar surface area (TPSA) is 54.0 Å². The minimum atomic E-state index is -0.547. The van der Waals surface area contributed by atoms with Crippen molar-refractivity contribution >= 4 is 11.7 Å². The first-order valence-corrected chi connectivity index (χ1v) is 6.82. The lowest BCUT2D eigenvalue weighted by molar-refractivity contribution is -0.142. The molecular weight excluding hydrogens is 272 g/mol. The Hall–Kier alpha value is -2.17. The average molecular weight is 294 g/mol. The lowest BCUT2D eigenvalue weighted by atomic mass is 10.1. The zero-order chi connectivity index (χ0) is 15.7. The van der Waals surface area contributed by atoms with Crippen molar-refractivity contribution < 1.29 is 23.7 Å². The van der Waals surface area contributed by atoms with Gasteiger partial charge in [-0.3, -0.25) is 0 Å². The van der Waals surface area contributed by atoms with E-state index in [-0.39, 0.29) is 11.5 Å². The van der Waals surface area contributed by atoms with Crippen LogP contribution in [0, 0.1) is 0 Å². The van der Waals surface area contributed by atoms with Crippen molar-refractivity contribution in [2.24, 2.45) is 0 Å². The number of ether oxygens (including phenoxy) is 4. The second-order valence-corrected chi connectivity index (χ2v) is 4.26. The summed E-state index contributed by atoms with van der Waals surface area (Å²) in [7, 11) is 4.43. The Morgan fingerprint density at radius 2 is 1.81 bits per heavy atom. The highest BCUT2D eigenvalue weighted by Gasteiger charge is 2.22. The Kier molecular flexibility index (Phi) is 7.15. The van der Waals surface area contributed by atoms with E-state index < -0.39 is 5.97 Å². The van der Waals surface area contributed by atoms with E-state index in [0.29, 0.717) is 17.9 Å². The number of unbranched alkanes of at least 4 members (excludes halogenated alkanes) is 1. The number of hydrogen-bond donors (Lipinski definition) is 0. The van der Waals surface area contributed by atoms with Crippen molar-refractivity contribution in [3.05, 3.63) is 35.6 Å². The van der Waals surface area contributed by atoms with E-state index in [9.17, 15) is 4.79 Å². The maximum Gasteiger partial charge on any atom is 0.377 e. The van der Waals surface area contributed by atoms with Gasteiger partial charge in [-0.05, 0) is 18.6 Å². The number of para-hydroxylation sites is 1. The van der Waals surface area contributed by atoms with Crippen LogP contribution in [0.2, 0.25) is 0 Å². The molecule has 0 aliphatic carbocycles. The minimum absolute atomic E-state index is 0.0260. The zero-order valence-corrected chi connectivity index (χ0v) is 13.0. The Morgan fingerprint density at radius 1 is 1.10 bits per heavy atom. The minimum Gasteiger partial charge on any atom is -0.496 e. The van der Waals surface area contributed by atoms with Gasteiger partial charge in [0.1, 0.15) is 5.75 Å². The number of benzene rings is 1. The van der Waals surface area contributed by atoms with Crippen LogP contribution in [-0.4, -0.2) is 33.9 Å². The summed E-state index contributed by atoms with van der Waals surface area (Å²) in [6, 6.07) is 7.23. The first-order valence-electron chi connectivity index (χ1n) is 6.82. The van der Waals surface area contributed by atoms with Crippen molar-refractivity contribution in [2.45, 2.75) is 19.8 Å². The summed E-state index contributed by atoms with van der Waals surface area (Å²) in [5, 5.41) is 0. The van der Waals surface area contributed by atoms with Gasteiger partial charge in [-0.2, -0.15) is 0 Å². The zero-order valence-electron chi connectivity index (χ0n) is 13.0. The molecule has 0 saturated carbocycles. The number of carbonyl (C=O) groups excluding carboxylic acids is 1. The summed E-state index contributed by atoms with van der Waals surface area (Å²) >= 11 is 0. The van der Waals surface area contributed by atoms with E-state index in [1.165, 1.54) is 14.2 Å². The molecule has 0 atom stereocenters. The van der Waals surface area contributed by atoms with Crippen LogP contribution in [0.4, 0.5) is 0 Å². The van der Waals surface area contributed by atoms with Gasteiger partial charge in [-0.15, -0.1) is 0 Å². The Morgan fingerprint density at radius 3 is 2.38 bits per heavy atom. The van der Waals surface area contributed by atoms with Crippen LogP contribution in [0.25, 0.3) is 5.76 Å². The van der Waals surface area contributed by atoms with E-state index in [1.807, 2.05) is 19.1 Å². The number of rotatable bonds is 8. The molecule has 0 aliphatic rings. The van der Waals surface area contributed by atoms with Gasteiger partial charge in [0.25, 0.3) is 0 Å². The summed E-state index contributed by atoms with van der Waals surface area (Å²) in [6.45, 7) is 2.38. The molecule has 0 amide bonds. The molecular formula is C16H22O5. The van der Waals surface area contributed by atoms with Crippen molar-refractivity contribution in [1.29, 1.82) is 0 Å². The highest BCUT2D eigenvalue weighted by atomic mass is 16.6. The van der Waals surface area contributed by atoms with Crippen molar-refractivity contribution in [1.82, 2.24) is 0 Å². The van der Waals surface area contributed by atoms with Gasteiger partial charge in [-0.25, -0.2) is 4.79 Å². The molecule has 5 heteroatoms. The van der Waals surface area contributed by atoms with Crippen molar-refractivity contribution in [3.8, 4) is 5.75 Å². The molecule has 0 radical (unpaired) electrons. The highest BCUT2D eigenvalue weighted by molar-refractivity contribution is 5.94. The summed E-state index contributed by atoms with van der Waals surface area (Å²) in [5.74, 6) is 0.355. The first kappa shape index (κ1) is 16.9.